The number of hydrogen-bond acceptors (Lipinski definition) is 2. The number of carbonyl (C=O) groups excluding carboxylic acids is 1. The molecule has 3 heteroatoms. The highest BCUT2D eigenvalue weighted by atomic mass is 16.5. The highest BCUT2D eigenvalue weighted by Crippen LogP contribution is 2.26. The van der Waals surface area contributed by atoms with Gasteiger partial charge in [-0.3, -0.25) is 10.0 Å². The third kappa shape index (κ3) is 3.07. The molecular formula is C13H19NO2. The minimum Gasteiger partial charge on any atom is -0.289 e. The molecule has 0 radical (unpaired) electrons. The summed E-state index contributed by atoms with van der Waals surface area (Å²) >= 11 is 0. The van der Waals surface area contributed by atoms with Gasteiger partial charge < -0.3 is 0 Å². The van der Waals surface area contributed by atoms with Crippen molar-refractivity contribution in [1.82, 2.24) is 5.48 Å². The van der Waals surface area contributed by atoms with Crippen molar-refractivity contribution in [2.24, 2.45) is 0 Å². The van der Waals surface area contributed by atoms with Gasteiger partial charge in [-0.2, -0.15) is 0 Å². The van der Waals surface area contributed by atoms with Crippen molar-refractivity contribution >= 4 is 5.91 Å². The molecule has 0 aliphatic heterocycles. The molecule has 16 heavy (non-hydrogen) atoms. The normalized spacial score (nSPS) is 11.2. The van der Waals surface area contributed by atoms with Gasteiger partial charge in [-0.15, -0.1) is 0 Å². The number of carbonyl (C=O) groups is 1. The van der Waals surface area contributed by atoms with Crippen LogP contribution >= 0.6 is 0 Å². The number of benzene rings is 1. The minimum absolute atomic E-state index is 0.164. The fourth-order valence-corrected chi connectivity index (χ4v) is 1.50. The molecule has 0 aliphatic carbocycles. The Morgan fingerprint density at radius 1 is 1.31 bits per heavy atom. The van der Waals surface area contributed by atoms with E-state index in [2.05, 4.69) is 20.8 Å². The van der Waals surface area contributed by atoms with Gasteiger partial charge in [0.25, 0.3) is 0 Å². The quantitative estimate of drug-likeness (QED) is 0.606. The largest absolute Gasteiger partial charge is 0.289 e. The third-order valence-electron chi connectivity index (χ3n) is 3.11. The molecule has 88 valence electrons. The second-order valence-corrected chi connectivity index (χ2v) is 4.65. The maximum absolute atomic E-state index is 11.0. The molecular weight excluding hydrogens is 202 g/mol. The molecule has 0 unspecified atom stereocenters. The van der Waals surface area contributed by atoms with E-state index < -0.39 is 0 Å². The molecule has 0 saturated carbocycles. The number of nitrogens with one attached hydrogen (secondary N) is 1. The molecule has 2 N–H and O–H groups in total. The van der Waals surface area contributed by atoms with E-state index >= 15 is 0 Å². The zero-order valence-electron chi connectivity index (χ0n) is 10.1. The lowest BCUT2D eigenvalue weighted by Gasteiger charge is -2.23. The monoisotopic (exact) mass is 221 g/mol. The van der Waals surface area contributed by atoms with Gasteiger partial charge >= 0.3 is 0 Å². The van der Waals surface area contributed by atoms with E-state index in [1.807, 2.05) is 24.3 Å². The molecule has 0 bridgehead atoms. The van der Waals surface area contributed by atoms with Gasteiger partial charge in [0.05, 0.1) is 6.42 Å². The van der Waals surface area contributed by atoms with Crippen LogP contribution in [0.3, 0.4) is 0 Å². The molecule has 0 atom stereocenters. The van der Waals surface area contributed by atoms with Gasteiger partial charge in [-0.1, -0.05) is 45.0 Å². The van der Waals surface area contributed by atoms with Crippen molar-refractivity contribution in [3.05, 3.63) is 35.4 Å². The van der Waals surface area contributed by atoms with E-state index in [1.54, 1.807) is 5.48 Å². The van der Waals surface area contributed by atoms with Crippen LogP contribution in [0.15, 0.2) is 24.3 Å². The first-order chi connectivity index (χ1) is 7.49. The smallest absolute Gasteiger partial charge is 0.247 e. The van der Waals surface area contributed by atoms with Gasteiger partial charge in [-0.25, -0.2) is 5.48 Å². The Balaban J connectivity index is 2.79. The van der Waals surface area contributed by atoms with Crippen molar-refractivity contribution in [3.63, 3.8) is 0 Å². The average Bonchev–Trinajstić information content (AvgIpc) is 2.29. The van der Waals surface area contributed by atoms with E-state index in [1.165, 1.54) is 5.56 Å². The maximum atomic E-state index is 11.0. The summed E-state index contributed by atoms with van der Waals surface area (Å²) in [7, 11) is 0. The summed E-state index contributed by atoms with van der Waals surface area (Å²) in [6.45, 7) is 6.55. The van der Waals surface area contributed by atoms with E-state index in [0.717, 1.165) is 12.0 Å². The van der Waals surface area contributed by atoms with Gasteiger partial charge in [0.1, 0.15) is 0 Å². The van der Waals surface area contributed by atoms with Crippen molar-refractivity contribution in [2.45, 2.75) is 39.0 Å². The van der Waals surface area contributed by atoms with Gasteiger partial charge in [0, 0.05) is 0 Å². The van der Waals surface area contributed by atoms with Gasteiger partial charge in [-0.05, 0) is 23.0 Å². The Labute approximate surface area is 96.4 Å². The SMILES string of the molecule is CCC(C)(C)c1ccc(CC(=O)NO)cc1. The van der Waals surface area contributed by atoms with Crippen molar-refractivity contribution in [3.8, 4) is 0 Å². The minimum atomic E-state index is -0.387. The topological polar surface area (TPSA) is 49.3 Å². The molecule has 0 aliphatic rings. The standard InChI is InChI=1S/C13H19NO2/c1-4-13(2,3)11-7-5-10(6-8-11)9-12(15)14-16/h5-8,16H,4,9H2,1-3H3,(H,14,15). The Kier molecular flexibility index (Phi) is 4.07. The molecule has 0 heterocycles. The zero-order chi connectivity index (χ0) is 12.2. The summed E-state index contributed by atoms with van der Waals surface area (Å²) in [5, 5.41) is 8.42. The van der Waals surface area contributed by atoms with Crippen LogP contribution in [0.25, 0.3) is 0 Å². The fraction of sp³-hybridized carbons (Fsp3) is 0.462. The molecule has 0 fully saturated rings. The van der Waals surface area contributed by atoms with Crippen molar-refractivity contribution < 1.29 is 10.0 Å². The lowest BCUT2D eigenvalue weighted by molar-refractivity contribution is -0.128. The van der Waals surface area contributed by atoms with Crippen LogP contribution in [0.2, 0.25) is 0 Å². The van der Waals surface area contributed by atoms with E-state index in [4.69, 9.17) is 5.21 Å². The van der Waals surface area contributed by atoms with Gasteiger partial charge in [0.15, 0.2) is 0 Å². The number of hydroxylamine groups is 1. The van der Waals surface area contributed by atoms with Crippen molar-refractivity contribution in [1.29, 1.82) is 0 Å². The van der Waals surface area contributed by atoms with Crippen molar-refractivity contribution in [2.75, 3.05) is 0 Å². The average molecular weight is 221 g/mol. The summed E-state index contributed by atoms with van der Waals surface area (Å²) in [5.41, 5.74) is 3.97. The highest BCUT2D eigenvalue weighted by molar-refractivity contribution is 5.77. The van der Waals surface area contributed by atoms with E-state index in [0.29, 0.717) is 0 Å². The second kappa shape index (κ2) is 5.12. The van der Waals surface area contributed by atoms with E-state index in [-0.39, 0.29) is 17.7 Å². The molecule has 1 aromatic carbocycles. The van der Waals surface area contributed by atoms with Crippen LogP contribution < -0.4 is 5.48 Å². The van der Waals surface area contributed by atoms with Crippen LogP contribution in [0.4, 0.5) is 0 Å². The molecule has 1 amide bonds. The molecule has 1 rings (SSSR count). The Morgan fingerprint density at radius 2 is 1.88 bits per heavy atom. The summed E-state index contributed by atoms with van der Waals surface area (Å²) in [5.74, 6) is -0.387. The predicted molar refractivity (Wildman–Crippen MR) is 63.4 cm³/mol. The van der Waals surface area contributed by atoms with Gasteiger partial charge in [0.2, 0.25) is 5.91 Å². The molecule has 0 aromatic heterocycles. The number of hydrogen-bond donors (Lipinski definition) is 2. The Morgan fingerprint density at radius 3 is 2.31 bits per heavy atom. The Hall–Kier alpha value is -1.35. The van der Waals surface area contributed by atoms with Crippen LogP contribution in [0.1, 0.15) is 38.3 Å². The Bertz CT molecular complexity index is 355. The summed E-state index contributed by atoms with van der Waals surface area (Å²) in [4.78, 5) is 11.0. The lowest BCUT2D eigenvalue weighted by atomic mass is 9.82. The van der Waals surface area contributed by atoms with Crippen LogP contribution in [-0.2, 0) is 16.6 Å². The first kappa shape index (κ1) is 12.7. The molecule has 1 aromatic rings. The first-order valence-electron chi connectivity index (χ1n) is 5.52. The fourth-order valence-electron chi connectivity index (χ4n) is 1.50. The van der Waals surface area contributed by atoms with Crippen LogP contribution in [-0.4, -0.2) is 11.1 Å². The third-order valence-corrected chi connectivity index (χ3v) is 3.11. The molecule has 3 nitrogen and oxygen atoms in total. The summed E-state index contributed by atoms with van der Waals surface area (Å²) < 4.78 is 0. The van der Waals surface area contributed by atoms with E-state index in [9.17, 15) is 4.79 Å². The molecule has 0 spiro atoms. The summed E-state index contributed by atoms with van der Waals surface area (Å²) in [6.07, 6.45) is 1.28. The zero-order valence-corrected chi connectivity index (χ0v) is 10.1. The first-order valence-corrected chi connectivity index (χ1v) is 5.52. The predicted octanol–water partition coefficient (Wildman–Crippen LogP) is 2.42. The maximum Gasteiger partial charge on any atom is 0.247 e. The number of rotatable bonds is 4. The summed E-state index contributed by atoms with van der Waals surface area (Å²) in [6, 6.07) is 7.96. The lowest BCUT2D eigenvalue weighted by Crippen LogP contribution is -2.21. The number of amides is 1. The molecule has 0 saturated heterocycles. The highest BCUT2D eigenvalue weighted by Gasteiger charge is 2.17. The van der Waals surface area contributed by atoms with Crippen LogP contribution in [0.5, 0.6) is 0 Å². The van der Waals surface area contributed by atoms with Crippen LogP contribution in [0, 0.1) is 0 Å². The second-order valence-electron chi connectivity index (χ2n) is 4.65.